The zero-order chi connectivity index (χ0) is 9.90. The fourth-order valence-electron chi connectivity index (χ4n) is 1.18. The molecule has 1 aromatic carbocycles. The molecule has 0 aliphatic heterocycles. The molecule has 0 heterocycles. The van der Waals surface area contributed by atoms with Crippen molar-refractivity contribution < 1.29 is 9.59 Å². The van der Waals surface area contributed by atoms with Gasteiger partial charge in [0.2, 0.25) is 0 Å². The Hall–Kier alpha value is -1.02. The molecular formula is C11H18NO+. The molecule has 0 saturated heterocycles. The van der Waals surface area contributed by atoms with Gasteiger partial charge in [-0.2, -0.15) is 0 Å². The van der Waals surface area contributed by atoms with Gasteiger partial charge >= 0.3 is 0 Å². The molecule has 0 fully saturated rings. The maximum atomic E-state index is 9.50. The summed E-state index contributed by atoms with van der Waals surface area (Å²) in [5.74, 6) is 0.413. The molecule has 0 bridgehead atoms. The van der Waals surface area contributed by atoms with E-state index in [0.717, 1.165) is 23.0 Å². The van der Waals surface area contributed by atoms with Crippen LogP contribution in [0, 0.1) is 0 Å². The summed E-state index contributed by atoms with van der Waals surface area (Å²) in [6, 6.07) is 7.53. The highest BCUT2D eigenvalue weighted by atomic mass is 16.3. The van der Waals surface area contributed by atoms with Gasteiger partial charge in [-0.15, -0.1) is 0 Å². The SMILES string of the molecule is C[N+](C)(C)CCc1ccccc1O. The minimum atomic E-state index is 0.413. The van der Waals surface area contributed by atoms with Crippen LogP contribution >= 0.6 is 0 Å². The Morgan fingerprint density at radius 3 is 2.31 bits per heavy atom. The van der Waals surface area contributed by atoms with Gasteiger partial charge in [0, 0.05) is 6.42 Å². The number of quaternary nitrogens is 1. The molecule has 1 N–H and O–H groups in total. The van der Waals surface area contributed by atoms with Crippen molar-refractivity contribution in [3.8, 4) is 5.75 Å². The number of para-hydroxylation sites is 1. The molecule has 72 valence electrons. The van der Waals surface area contributed by atoms with Crippen molar-refractivity contribution in [2.75, 3.05) is 27.7 Å². The number of likely N-dealkylation sites (N-methyl/N-ethyl adjacent to an activating group) is 1. The predicted octanol–water partition coefficient (Wildman–Crippen LogP) is 1.64. The summed E-state index contributed by atoms with van der Waals surface area (Å²) in [7, 11) is 6.46. The van der Waals surface area contributed by atoms with Crippen LogP contribution in [-0.4, -0.2) is 37.3 Å². The molecule has 2 nitrogen and oxygen atoms in total. The number of benzene rings is 1. The van der Waals surface area contributed by atoms with Crippen LogP contribution < -0.4 is 0 Å². The molecule has 13 heavy (non-hydrogen) atoms. The van der Waals surface area contributed by atoms with Crippen LogP contribution in [0.4, 0.5) is 0 Å². The van der Waals surface area contributed by atoms with Crippen LogP contribution in [0.25, 0.3) is 0 Å². The van der Waals surface area contributed by atoms with Gasteiger partial charge < -0.3 is 9.59 Å². The van der Waals surface area contributed by atoms with Crippen LogP contribution in [0.5, 0.6) is 5.75 Å². The van der Waals surface area contributed by atoms with E-state index in [1.165, 1.54) is 0 Å². The lowest BCUT2D eigenvalue weighted by molar-refractivity contribution is -0.870. The quantitative estimate of drug-likeness (QED) is 0.701. The standard InChI is InChI=1S/C11H17NO/c1-12(2,3)9-8-10-6-4-5-7-11(10)13/h4-7H,8-9H2,1-3H3/p+1. The molecule has 0 atom stereocenters. The van der Waals surface area contributed by atoms with Gasteiger partial charge in [0.25, 0.3) is 0 Å². The Kier molecular flexibility index (Phi) is 2.94. The third-order valence-corrected chi connectivity index (χ3v) is 2.04. The summed E-state index contributed by atoms with van der Waals surface area (Å²) in [4.78, 5) is 0. The Morgan fingerprint density at radius 1 is 1.15 bits per heavy atom. The molecule has 0 unspecified atom stereocenters. The molecule has 0 aliphatic carbocycles. The normalized spacial score (nSPS) is 11.6. The van der Waals surface area contributed by atoms with Crippen molar-refractivity contribution in [3.05, 3.63) is 29.8 Å². The highest BCUT2D eigenvalue weighted by Gasteiger charge is 2.08. The van der Waals surface area contributed by atoms with E-state index in [0.29, 0.717) is 5.75 Å². The maximum absolute atomic E-state index is 9.50. The van der Waals surface area contributed by atoms with Crippen LogP contribution in [0.1, 0.15) is 5.56 Å². The van der Waals surface area contributed by atoms with Crippen molar-refractivity contribution in [2.45, 2.75) is 6.42 Å². The van der Waals surface area contributed by atoms with Crippen molar-refractivity contribution in [2.24, 2.45) is 0 Å². The van der Waals surface area contributed by atoms with Gasteiger partial charge in [-0.3, -0.25) is 0 Å². The monoisotopic (exact) mass is 180 g/mol. The van der Waals surface area contributed by atoms with E-state index in [2.05, 4.69) is 21.1 Å². The summed E-state index contributed by atoms with van der Waals surface area (Å²) < 4.78 is 0.925. The first-order chi connectivity index (χ1) is 5.99. The third-order valence-electron chi connectivity index (χ3n) is 2.04. The van der Waals surface area contributed by atoms with Gasteiger partial charge in [-0.05, 0) is 11.6 Å². The van der Waals surface area contributed by atoms with Crippen molar-refractivity contribution in [1.29, 1.82) is 0 Å². The second kappa shape index (κ2) is 3.79. The van der Waals surface area contributed by atoms with Crippen LogP contribution in [0.3, 0.4) is 0 Å². The predicted molar refractivity (Wildman–Crippen MR) is 54.7 cm³/mol. The fraction of sp³-hybridized carbons (Fsp3) is 0.455. The molecule has 1 rings (SSSR count). The van der Waals surface area contributed by atoms with E-state index in [1.807, 2.05) is 18.2 Å². The van der Waals surface area contributed by atoms with E-state index < -0.39 is 0 Å². The van der Waals surface area contributed by atoms with E-state index in [4.69, 9.17) is 0 Å². The second-order valence-electron chi connectivity index (χ2n) is 4.39. The molecule has 0 amide bonds. The average molecular weight is 180 g/mol. The van der Waals surface area contributed by atoms with E-state index >= 15 is 0 Å². The number of nitrogens with zero attached hydrogens (tertiary/aromatic N) is 1. The molecule has 0 spiro atoms. The number of aromatic hydroxyl groups is 1. The topological polar surface area (TPSA) is 20.2 Å². The summed E-state index contributed by atoms with van der Waals surface area (Å²) in [5, 5.41) is 9.50. The molecule has 0 aliphatic rings. The van der Waals surface area contributed by atoms with Gasteiger partial charge in [0.1, 0.15) is 5.75 Å². The lowest BCUT2D eigenvalue weighted by Crippen LogP contribution is -2.36. The highest BCUT2D eigenvalue weighted by Crippen LogP contribution is 2.16. The van der Waals surface area contributed by atoms with Crippen molar-refractivity contribution >= 4 is 0 Å². The summed E-state index contributed by atoms with van der Waals surface area (Å²) in [6.45, 7) is 1.04. The lowest BCUT2D eigenvalue weighted by atomic mass is 10.1. The lowest BCUT2D eigenvalue weighted by Gasteiger charge is -2.23. The molecule has 1 aromatic rings. The van der Waals surface area contributed by atoms with Gasteiger partial charge in [-0.25, -0.2) is 0 Å². The zero-order valence-electron chi connectivity index (χ0n) is 8.62. The van der Waals surface area contributed by atoms with Crippen LogP contribution in [-0.2, 0) is 6.42 Å². The number of hydrogen-bond donors (Lipinski definition) is 1. The van der Waals surface area contributed by atoms with E-state index in [-0.39, 0.29) is 0 Å². The number of phenolic OH excluding ortho intramolecular Hbond substituents is 1. The fourth-order valence-corrected chi connectivity index (χ4v) is 1.18. The summed E-state index contributed by atoms with van der Waals surface area (Å²) in [5.41, 5.74) is 1.04. The Balaban J connectivity index is 2.60. The maximum Gasteiger partial charge on any atom is 0.118 e. The first-order valence-electron chi connectivity index (χ1n) is 4.56. The van der Waals surface area contributed by atoms with Crippen molar-refractivity contribution in [1.82, 2.24) is 0 Å². The van der Waals surface area contributed by atoms with Gasteiger partial charge in [-0.1, -0.05) is 18.2 Å². The van der Waals surface area contributed by atoms with Crippen molar-refractivity contribution in [3.63, 3.8) is 0 Å². The molecule has 2 heteroatoms. The highest BCUT2D eigenvalue weighted by molar-refractivity contribution is 5.31. The third kappa shape index (κ3) is 3.47. The average Bonchev–Trinajstić information content (AvgIpc) is 2.01. The minimum Gasteiger partial charge on any atom is -0.508 e. The molecule has 0 radical (unpaired) electrons. The van der Waals surface area contributed by atoms with Crippen LogP contribution in [0.2, 0.25) is 0 Å². The number of hydrogen-bond acceptors (Lipinski definition) is 1. The number of rotatable bonds is 3. The Labute approximate surface area is 80.0 Å². The van der Waals surface area contributed by atoms with Crippen LogP contribution in [0.15, 0.2) is 24.3 Å². The first kappa shape index (κ1) is 10.1. The van der Waals surface area contributed by atoms with E-state index in [1.54, 1.807) is 6.07 Å². The summed E-state index contributed by atoms with van der Waals surface area (Å²) in [6.07, 6.45) is 0.927. The smallest absolute Gasteiger partial charge is 0.118 e. The minimum absolute atomic E-state index is 0.413. The largest absolute Gasteiger partial charge is 0.508 e. The summed E-state index contributed by atoms with van der Waals surface area (Å²) >= 11 is 0. The molecule has 0 saturated carbocycles. The Morgan fingerprint density at radius 2 is 1.77 bits per heavy atom. The Bertz CT molecular complexity index is 276. The zero-order valence-corrected chi connectivity index (χ0v) is 8.62. The van der Waals surface area contributed by atoms with Gasteiger partial charge in [0.05, 0.1) is 27.7 Å². The second-order valence-corrected chi connectivity index (χ2v) is 4.39. The number of phenols is 1. The van der Waals surface area contributed by atoms with E-state index in [9.17, 15) is 5.11 Å². The molecular weight excluding hydrogens is 162 g/mol. The first-order valence-corrected chi connectivity index (χ1v) is 4.56. The van der Waals surface area contributed by atoms with Gasteiger partial charge in [0.15, 0.2) is 0 Å². The molecule has 0 aromatic heterocycles.